The number of benzene rings is 1. The molecule has 0 aliphatic carbocycles. The van der Waals surface area contributed by atoms with Gasteiger partial charge < -0.3 is 4.74 Å². The highest BCUT2D eigenvalue weighted by Crippen LogP contribution is 2.17. The van der Waals surface area contributed by atoms with Gasteiger partial charge in [-0.2, -0.15) is 0 Å². The monoisotopic (exact) mass is 237 g/mol. The van der Waals surface area contributed by atoms with Gasteiger partial charge in [-0.25, -0.2) is 5.48 Å². The molecule has 1 aromatic rings. The van der Waals surface area contributed by atoms with Gasteiger partial charge >= 0.3 is 5.97 Å². The van der Waals surface area contributed by atoms with Crippen LogP contribution in [0.1, 0.15) is 18.4 Å². The summed E-state index contributed by atoms with van der Waals surface area (Å²) < 4.78 is 4.69. The van der Waals surface area contributed by atoms with Gasteiger partial charge in [0.05, 0.1) is 13.7 Å². The molecule has 0 radical (unpaired) electrons. The minimum absolute atomic E-state index is 0.0380. The number of carbonyl (C=O) groups excluding carboxylic acids is 2. The van der Waals surface area contributed by atoms with Crippen LogP contribution in [0.25, 0.3) is 0 Å². The van der Waals surface area contributed by atoms with Crippen molar-refractivity contribution in [2.24, 2.45) is 0 Å². The minimum Gasteiger partial charge on any atom is -0.468 e. The number of hydrogen-bond donors (Lipinski definition) is 1. The van der Waals surface area contributed by atoms with E-state index in [1.807, 2.05) is 18.2 Å². The average Bonchev–Trinajstić information content (AvgIpc) is 2.34. The minimum atomic E-state index is -0.548. The summed E-state index contributed by atoms with van der Waals surface area (Å²) in [6, 6.07) is 9.11. The number of rotatable bonds is 5. The van der Waals surface area contributed by atoms with E-state index in [9.17, 15) is 9.59 Å². The van der Waals surface area contributed by atoms with Gasteiger partial charge in [0.2, 0.25) is 5.91 Å². The van der Waals surface area contributed by atoms with Gasteiger partial charge in [-0.05, 0) is 5.56 Å². The number of esters is 1. The molecule has 1 unspecified atom stereocenters. The molecule has 17 heavy (non-hydrogen) atoms. The molecule has 1 rings (SSSR count). The van der Waals surface area contributed by atoms with Crippen molar-refractivity contribution in [3.63, 3.8) is 0 Å². The molecule has 0 spiro atoms. The third-order valence-electron chi connectivity index (χ3n) is 2.15. The summed E-state index contributed by atoms with van der Waals surface area (Å²) in [5.74, 6) is -1.27. The lowest BCUT2D eigenvalue weighted by molar-refractivity contribution is -0.147. The highest BCUT2D eigenvalue weighted by Gasteiger charge is 2.21. The zero-order valence-electron chi connectivity index (χ0n) is 9.80. The lowest BCUT2D eigenvalue weighted by Gasteiger charge is -2.14. The molecule has 0 bridgehead atoms. The average molecular weight is 237 g/mol. The molecule has 0 aromatic heterocycles. The molecule has 1 aromatic carbocycles. The van der Waals surface area contributed by atoms with Crippen LogP contribution in [0.5, 0.6) is 0 Å². The SMILES string of the molecule is COC(=O)C(CONC(C)=O)c1ccccc1. The summed E-state index contributed by atoms with van der Waals surface area (Å²) >= 11 is 0. The summed E-state index contributed by atoms with van der Waals surface area (Å²) in [7, 11) is 1.32. The van der Waals surface area contributed by atoms with Crippen molar-refractivity contribution in [3.8, 4) is 0 Å². The predicted octanol–water partition coefficient (Wildman–Crippen LogP) is 1.01. The lowest BCUT2D eigenvalue weighted by Crippen LogP contribution is -2.27. The van der Waals surface area contributed by atoms with E-state index in [2.05, 4.69) is 5.48 Å². The van der Waals surface area contributed by atoms with Gasteiger partial charge in [0.1, 0.15) is 5.92 Å². The Morgan fingerprint density at radius 3 is 2.47 bits per heavy atom. The number of hydroxylamine groups is 1. The Kier molecular flexibility index (Phi) is 5.16. The molecule has 0 saturated carbocycles. The molecule has 5 nitrogen and oxygen atoms in total. The first-order chi connectivity index (χ1) is 8.15. The first-order valence-electron chi connectivity index (χ1n) is 5.16. The second-order valence-electron chi connectivity index (χ2n) is 3.46. The zero-order valence-corrected chi connectivity index (χ0v) is 9.80. The molecule has 1 amide bonds. The van der Waals surface area contributed by atoms with Crippen LogP contribution >= 0.6 is 0 Å². The summed E-state index contributed by atoms with van der Waals surface area (Å²) in [5.41, 5.74) is 2.96. The largest absolute Gasteiger partial charge is 0.468 e. The van der Waals surface area contributed by atoms with Crippen molar-refractivity contribution in [1.82, 2.24) is 5.48 Å². The maximum atomic E-state index is 11.6. The Balaban J connectivity index is 2.68. The highest BCUT2D eigenvalue weighted by atomic mass is 16.7. The second-order valence-corrected chi connectivity index (χ2v) is 3.46. The molecule has 5 heteroatoms. The van der Waals surface area contributed by atoms with E-state index in [1.165, 1.54) is 14.0 Å². The van der Waals surface area contributed by atoms with Crippen molar-refractivity contribution in [2.75, 3.05) is 13.7 Å². The number of carbonyl (C=O) groups is 2. The van der Waals surface area contributed by atoms with E-state index < -0.39 is 11.9 Å². The molecule has 1 N–H and O–H groups in total. The van der Waals surface area contributed by atoms with Crippen LogP contribution in [-0.4, -0.2) is 25.6 Å². The normalized spacial score (nSPS) is 11.6. The molecule has 0 saturated heterocycles. The van der Waals surface area contributed by atoms with E-state index >= 15 is 0 Å². The summed E-state index contributed by atoms with van der Waals surface area (Å²) in [4.78, 5) is 27.2. The lowest BCUT2D eigenvalue weighted by atomic mass is 10.0. The number of methoxy groups -OCH3 is 1. The topological polar surface area (TPSA) is 64.6 Å². The quantitative estimate of drug-likeness (QED) is 0.613. The van der Waals surface area contributed by atoms with Gasteiger partial charge in [-0.1, -0.05) is 30.3 Å². The standard InChI is InChI=1S/C12H15NO4/c1-9(14)13-17-8-11(12(15)16-2)10-6-4-3-5-7-10/h3-7,11H,8H2,1-2H3,(H,13,14). The molecule has 0 heterocycles. The fraction of sp³-hybridized carbons (Fsp3) is 0.333. The Morgan fingerprint density at radius 1 is 1.29 bits per heavy atom. The van der Waals surface area contributed by atoms with E-state index in [1.54, 1.807) is 12.1 Å². The summed E-state index contributed by atoms with van der Waals surface area (Å²) in [6.07, 6.45) is 0. The first kappa shape index (κ1) is 13.2. The van der Waals surface area contributed by atoms with Crippen LogP contribution in [0.4, 0.5) is 0 Å². The predicted molar refractivity (Wildman–Crippen MR) is 61.0 cm³/mol. The molecule has 92 valence electrons. The van der Waals surface area contributed by atoms with E-state index in [4.69, 9.17) is 9.57 Å². The molecule has 1 atom stereocenters. The van der Waals surface area contributed by atoms with Crippen LogP contribution in [0.15, 0.2) is 30.3 Å². The summed E-state index contributed by atoms with van der Waals surface area (Å²) in [6.45, 7) is 1.37. The van der Waals surface area contributed by atoms with Crippen molar-refractivity contribution >= 4 is 11.9 Å². The fourth-order valence-corrected chi connectivity index (χ4v) is 1.35. The number of amides is 1. The molecule has 0 fully saturated rings. The second kappa shape index (κ2) is 6.65. The van der Waals surface area contributed by atoms with Gasteiger partial charge in [0.15, 0.2) is 0 Å². The van der Waals surface area contributed by atoms with E-state index in [0.717, 1.165) is 5.56 Å². The van der Waals surface area contributed by atoms with Gasteiger partial charge in [0.25, 0.3) is 0 Å². The van der Waals surface area contributed by atoms with E-state index in [-0.39, 0.29) is 12.5 Å². The first-order valence-corrected chi connectivity index (χ1v) is 5.16. The Hall–Kier alpha value is -1.88. The zero-order chi connectivity index (χ0) is 12.7. The number of ether oxygens (including phenoxy) is 1. The molecule has 0 aliphatic heterocycles. The number of hydrogen-bond acceptors (Lipinski definition) is 4. The third kappa shape index (κ3) is 4.24. The molecule has 0 aliphatic rings. The maximum Gasteiger partial charge on any atom is 0.315 e. The smallest absolute Gasteiger partial charge is 0.315 e. The van der Waals surface area contributed by atoms with E-state index in [0.29, 0.717) is 0 Å². The van der Waals surface area contributed by atoms with Crippen LogP contribution in [-0.2, 0) is 19.2 Å². The molecular formula is C12H15NO4. The van der Waals surface area contributed by atoms with Crippen molar-refractivity contribution in [3.05, 3.63) is 35.9 Å². The van der Waals surface area contributed by atoms with Gasteiger partial charge in [-0.3, -0.25) is 14.4 Å². The maximum absolute atomic E-state index is 11.6. The third-order valence-corrected chi connectivity index (χ3v) is 2.15. The highest BCUT2D eigenvalue weighted by molar-refractivity contribution is 5.78. The van der Waals surface area contributed by atoms with Crippen LogP contribution in [0.3, 0.4) is 0 Å². The van der Waals surface area contributed by atoms with Crippen molar-refractivity contribution in [2.45, 2.75) is 12.8 Å². The van der Waals surface area contributed by atoms with Crippen LogP contribution in [0.2, 0.25) is 0 Å². The van der Waals surface area contributed by atoms with Gasteiger partial charge in [0, 0.05) is 6.92 Å². The Morgan fingerprint density at radius 2 is 1.94 bits per heavy atom. The fourth-order valence-electron chi connectivity index (χ4n) is 1.35. The van der Waals surface area contributed by atoms with Crippen molar-refractivity contribution < 1.29 is 19.2 Å². The van der Waals surface area contributed by atoms with Crippen LogP contribution < -0.4 is 5.48 Å². The van der Waals surface area contributed by atoms with Crippen LogP contribution in [0, 0.1) is 0 Å². The Labute approximate surface area is 99.7 Å². The number of nitrogens with one attached hydrogen (secondary N) is 1. The molecular weight excluding hydrogens is 222 g/mol. The van der Waals surface area contributed by atoms with Gasteiger partial charge in [-0.15, -0.1) is 0 Å². The van der Waals surface area contributed by atoms with Crippen molar-refractivity contribution in [1.29, 1.82) is 0 Å². The summed E-state index contributed by atoms with van der Waals surface area (Å²) in [5, 5.41) is 0. The Bertz CT molecular complexity index is 377.